The van der Waals surface area contributed by atoms with Gasteiger partial charge in [-0.3, -0.25) is 4.79 Å². The maximum atomic E-state index is 12.5. The van der Waals surface area contributed by atoms with E-state index in [1.54, 1.807) is 18.2 Å². The molecule has 1 aliphatic rings. The summed E-state index contributed by atoms with van der Waals surface area (Å²) in [6.07, 6.45) is 2.34. The van der Waals surface area contributed by atoms with Gasteiger partial charge in [-0.25, -0.2) is 4.79 Å². The SMILES string of the molecule is CCn1c(SC(C)C(=O)Nc2ccc3[nH]c(=O)[nH]c3c2)nnc1C1CC1. The predicted molar refractivity (Wildman–Crippen MR) is 101 cm³/mol. The molecule has 1 aliphatic carbocycles. The molecule has 1 saturated carbocycles. The lowest BCUT2D eigenvalue weighted by Gasteiger charge is -2.12. The molecule has 26 heavy (non-hydrogen) atoms. The maximum absolute atomic E-state index is 12.5. The van der Waals surface area contributed by atoms with Gasteiger partial charge < -0.3 is 19.9 Å². The van der Waals surface area contributed by atoms with Crippen LogP contribution in [0.5, 0.6) is 0 Å². The third-order valence-corrected chi connectivity index (χ3v) is 5.52. The second kappa shape index (κ2) is 6.64. The number of anilines is 1. The Bertz CT molecular complexity index is 1020. The lowest BCUT2D eigenvalue weighted by atomic mass is 10.2. The largest absolute Gasteiger partial charge is 0.325 e. The molecule has 3 N–H and O–H groups in total. The standard InChI is InChI=1S/C17H20N6O2S/c1-3-23-14(10-4-5-10)21-22-17(23)26-9(2)15(24)18-11-6-7-12-13(8-11)20-16(25)19-12/h6-10H,3-5H2,1-2H3,(H,18,24)(H2,19,20,25). The number of aromatic nitrogens is 5. The van der Waals surface area contributed by atoms with E-state index in [4.69, 9.17) is 0 Å². The van der Waals surface area contributed by atoms with E-state index in [2.05, 4.69) is 37.0 Å². The average Bonchev–Trinajstić information content (AvgIpc) is 3.27. The van der Waals surface area contributed by atoms with Gasteiger partial charge in [0, 0.05) is 18.2 Å². The van der Waals surface area contributed by atoms with Crippen molar-refractivity contribution in [2.75, 3.05) is 5.32 Å². The number of hydrogen-bond donors (Lipinski definition) is 3. The maximum Gasteiger partial charge on any atom is 0.323 e. The molecule has 1 atom stereocenters. The smallest absolute Gasteiger partial charge is 0.323 e. The Labute approximate surface area is 153 Å². The predicted octanol–water partition coefficient (Wildman–Crippen LogP) is 2.46. The second-order valence-electron chi connectivity index (χ2n) is 6.45. The van der Waals surface area contributed by atoms with Crippen LogP contribution in [0.25, 0.3) is 11.0 Å². The van der Waals surface area contributed by atoms with Crippen LogP contribution in [0.1, 0.15) is 38.4 Å². The van der Waals surface area contributed by atoms with Gasteiger partial charge in [-0.05, 0) is 44.9 Å². The number of rotatable bonds is 6. The number of aromatic amines is 2. The molecule has 3 aromatic rings. The summed E-state index contributed by atoms with van der Waals surface area (Å²) in [6.45, 7) is 4.71. The number of amides is 1. The van der Waals surface area contributed by atoms with Gasteiger partial charge in [0.15, 0.2) is 5.16 Å². The van der Waals surface area contributed by atoms with E-state index in [0.717, 1.165) is 17.5 Å². The first kappa shape index (κ1) is 16.9. The number of carbonyl (C=O) groups is 1. The van der Waals surface area contributed by atoms with Gasteiger partial charge in [0.2, 0.25) is 5.91 Å². The molecule has 8 nitrogen and oxygen atoms in total. The van der Waals surface area contributed by atoms with Crippen molar-refractivity contribution >= 4 is 34.4 Å². The summed E-state index contributed by atoms with van der Waals surface area (Å²) >= 11 is 1.41. The second-order valence-corrected chi connectivity index (χ2v) is 7.76. The van der Waals surface area contributed by atoms with E-state index >= 15 is 0 Å². The minimum Gasteiger partial charge on any atom is -0.325 e. The number of nitrogens with one attached hydrogen (secondary N) is 3. The Kier molecular flexibility index (Phi) is 4.31. The molecular formula is C17H20N6O2S. The van der Waals surface area contributed by atoms with Crippen molar-refractivity contribution in [3.63, 3.8) is 0 Å². The number of nitrogens with zero attached hydrogens (tertiary/aromatic N) is 3. The molecule has 0 aliphatic heterocycles. The molecule has 0 saturated heterocycles. The van der Waals surface area contributed by atoms with Gasteiger partial charge in [-0.2, -0.15) is 0 Å². The van der Waals surface area contributed by atoms with Gasteiger partial charge in [0.05, 0.1) is 16.3 Å². The first-order valence-electron chi connectivity index (χ1n) is 8.68. The Hall–Kier alpha value is -2.55. The highest BCUT2D eigenvalue weighted by Gasteiger charge is 2.30. The molecule has 0 radical (unpaired) electrons. The van der Waals surface area contributed by atoms with Crippen LogP contribution in [0, 0.1) is 0 Å². The van der Waals surface area contributed by atoms with Crippen molar-refractivity contribution in [2.45, 2.75) is 49.6 Å². The summed E-state index contributed by atoms with van der Waals surface area (Å²) in [7, 11) is 0. The van der Waals surface area contributed by atoms with E-state index in [1.807, 2.05) is 6.92 Å². The van der Waals surface area contributed by atoms with Crippen LogP contribution in [0.15, 0.2) is 28.2 Å². The zero-order chi connectivity index (χ0) is 18.3. The average molecular weight is 372 g/mol. The molecule has 2 aromatic heterocycles. The van der Waals surface area contributed by atoms with Crippen molar-refractivity contribution in [3.8, 4) is 0 Å². The van der Waals surface area contributed by atoms with Gasteiger partial charge >= 0.3 is 5.69 Å². The highest BCUT2D eigenvalue weighted by molar-refractivity contribution is 8.00. The molecule has 0 bridgehead atoms. The van der Waals surface area contributed by atoms with Gasteiger partial charge in [-0.1, -0.05) is 11.8 Å². The minimum absolute atomic E-state index is 0.120. The first-order chi connectivity index (χ1) is 12.5. The van der Waals surface area contributed by atoms with Crippen LogP contribution in [-0.4, -0.2) is 35.9 Å². The molecule has 1 fully saturated rings. The van der Waals surface area contributed by atoms with Crippen molar-refractivity contribution in [1.82, 2.24) is 24.7 Å². The Morgan fingerprint density at radius 3 is 2.85 bits per heavy atom. The number of hydrogen-bond acceptors (Lipinski definition) is 5. The summed E-state index contributed by atoms with van der Waals surface area (Å²) in [5.74, 6) is 1.44. The molecule has 1 aromatic carbocycles. The topological polar surface area (TPSA) is 108 Å². The summed E-state index contributed by atoms with van der Waals surface area (Å²) in [5, 5.41) is 11.9. The number of imidazole rings is 1. The molecule has 1 unspecified atom stereocenters. The zero-order valence-electron chi connectivity index (χ0n) is 14.6. The number of carbonyl (C=O) groups excluding carboxylic acids is 1. The van der Waals surface area contributed by atoms with E-state index < -0.39 is 0 Å². The quantitative estimate of drug-likeness (QED) is 0.576. The molecule has 9 heteroatoms. The molecule has 1 amide bonds. The van der Waals surface area contributed by atoms with Crippen LogP contribution >= 0.6 is 11.8 Å². The van der Waals surface area contributed by atoms with Gasteiger partial charge in [0.25, 0.3) is 0 Å². The number of benzene rings is 1. The zero-order valence-corrected chi connectivity index (χ0v) is 15.4. The molecule has 0 spiro atoms. The number of H-pyrrole nitrogens is 2. The third kappa shape index (κ3) is 3.26. The Balaban J connectivity index is 1.46. The third-order valence-electron chi connectivity index (χ3n) is 4.44. The van der Waals surface area contributed by atoms with E-state index in [0.29, 0.717) is 22.6 Å². The van der Waals surface area contributed by atoms with Gasteiger partial charge in [0.1, 0.15) is 5.82 Å². The summed E-state index contributed by atoms with van der Waals surface area (Å²) in [4.78, 5) is 29.2. The minimum atomic E-state index is -0.322. The molecular weight excluding hydrogens is 352 g/mol. The lowest BCUT2D eigenvalue weighted by molar-refractivity contribution is -0.115. The monoisotopic (exact) mass is 372 g/mol. The summed E-state index contributed by atoms with van der Waals surface area (Å²) in [5.41, 5.74) is 1.74. The number of thioether (sulfide) groups is 1. The molecule has 4 rings (SSSR count). The van der Waals surface area contributed by atoms with Crippen molar-refractivity contribution in [1.29, 1.82) is 0 Å². The van der Waals surface area contributed by atoms with Crippen LogP contribution in [0.4, 0.5) is 5.69 Å². The number of fused-ring (bicyclic) bond motifs is 1. The van der Waals surface area contributed by atoms with E-state index in [1.165, 1.54) is 24.6 Å². The van der Waals surface area contributed by atoms with Crippen LogP contribution in [-0.2, 0) is 11.3 Å². The van der Waals surface area contributed by atoms with Crippen molar-refractivity contribution in [3.05, 3.63) is 34.5 Å². The highest BCUT2D eigenvalue weighted by Crippen LogP contribution is 2.40. The summed E-state index contributed by atoms with van der Waals surface area (Å²) < 4.78 is 2.10. The van der Waals surface area contributed by atoms with Crippen LogP contribution < -0.4 is 11.0 Å². The van der Waals surface area contributed by atoms with Crippen LogP contribution in [0.3, 0.4) is 0 Å². The fraction of sp³-hybridized carbons (Fsp3) is 0.412. The van der Waals surface area contributed by atoms with E-state index in [9.17, 15) is 9.59 Å². The van der Waals surface area contributed by atoms with Gasteiger partial charge in [-0.15, -0.1) is 10.2 Å². The fourth-order valence-electron chi connectivity index (χ4n) is 2.89. The van der Waals surface area contributed by atoms with E-state index in [-0.39, 0.29) is 16.8 Å². The Morgan fingerprint density at radius 1 is 1.35 bits per heavy atom. The summed E-state index contributed by atoms with van der Waals surface area (Å²) in [6, 6.07) is 5.26. The molecule has 136 valence electrons. The fourth-order valence-corrected chi connectivity index (χ4v) is 3.81. The highest BCUT2D eigenvalue weighted by atomic mass is 32.2. The first-order valence-corrected chi connectivity index (χ1v) is 9.55. The molecule has 2 heterocycles. The normalized spacial score (nSPS) is 15.3. The Morgan fingerprint density at radius 2 is 2.12 bits per heavy atom. The van der Waals surface area contributed by atoms with Crippen molar-refractivity contribution < 1.29 is 4.79 Å². The van der Waals surface area contributed by atoms with Crippen LogP contribution in [0.2, 0.25) is 0 Å². The lowest BCUT2D eigenvalue weighted by Crippen LogP contribution is -2.23. The van der Waals surface area contributed by atoms with Crippen molar-refractivity contribution in [2.24, 2.45) is 0 Å².